The molecule has 0 saturated heterocycles. The Morgan fingerprint density at radius 1 is 1.10 bits per heavy atom. The van der Waals surface area contributed by atoms with E-state index >= 15 is 0 Å². The third-order valence-corrected chi connectivity index (χ3v) is 5.52. The summed E-state index contributed by atoms with van der Waals surface area (Å²) in [5.74, 6) is 1.50. The Bertz CT molecular complexity index is 433. The maximum Gasteiger partial charge on any atom is 0.0624 e. The maximum atomic E-state index is 6.38. The molecule has 0 heterocycles. The van der Waals surface area contributed by atoms with Gasteiger partial charge in [-0.3, -0.25) is 0 Å². The number of halogens is 2. The minimum Gasteiger partial charge on any atom is -0.316 e. The first kappa shape index (κ1) is 17.1. The second-order valence-electron chi connectivity index (χ2n) is 6.28. The van der Waals surface area contributed by atoms with Crippen LogP contribution >= 0.6 is 23.2 Å². The van der Waals surface area contributed by atoms with Crippen LogP contribution in [0.5, 0.6) is 0 Å². The molecule has 0 aliphatic heterocycles. The first-order chi connectivity index (χ1) is 10.2. The van der Waals surface area contributed by atoms with Crippen LogP contribution in [0.4, 0.5) is 0 Å². The Morgan fingerprint density at radius 2 is 1.86 bits per heavy atom. The third-order valence-electron chi connectivity index (χ3n) is 4.66. The Balaban J connectivity index is 2.03. The van der Waals surface area contributed by atoms with E-state index in [4.69, 9.17) is 23.2 Å². The highest BCUT2D eigenvalue weighted by Crippen LogP contribution is 2.34. The van der Waals surface area contributed by atoms with E-state index in [0.29, 0.717) is 5.02 Å². The first-order valence-electron chi connectivity index (χ1n) is 8.36. The Labute approximate surface area is 139 Å². The normalized spacial score (nSPS) is 23.0. The van der Waals surface area contributed by atoms with Crippen molar-refractivity contribution < 1.29 is 0 Å². The van der Waals surface area contributed by atoms with Gasteiger partial charge in [0.05, 0.1) is 10.0 Å². The minimum atomic E-state index is 0.684. The van der Waals surface area contributed by atoms with Gasteiger partial charge in [-0.05, 0) is 62.2 Å². The molecular formula is C18H27Cl2N. The summed E-state index contributed by atoms with van der Waals surface area (Å²) in [7, 11) is 0. The van der Waals surface area contributed by atoms with Crippen molar-refractivity contribution in [2.45, 2.75) is 51.9 Å². The molecule has 0 amide bonds. The van der Waals surface area contributed by atoms with Crippen LogP contribution in [0.3, 0.4) is 0 Å². The van der Waals surface area contributed by atoms with Gasteiger partial charge in [0.1, 0.15) is 0 Å². The molecule has 118 valence electrons. The molecule has 1 aliphatic carbocycles. The van der Waals surface area contributed by atoms with Gasteiger partial charge < -0.3 is 5.32 Å². The predicted molar refractivity (Wildman–Crippen MR) is 93.4 cm³/mol. The number of nitrogens with one attached hydrogen (secondary N) is 1. The lowest BCUT2D eigenvalue weighted by atomic mass is 9.83. The van der Waals surface area contributed by atoms with Crippen LogP contribution in [0.25, 0.3) is 0 Å². The summed E-state index contributed by atoms with van der Waals surface area (Å²) in [5.41, 5.74) is 1.22. The number of rotatable bonds is 6. The first-order valence-corrected chi connectivity index (χ1v) is 9.11. The van der Waals surface area contributed by atoms with Crippen LogP contribution in [-0.4, -0.2) is 13.1 Å². The van der Waals surface area contributed by atoms with Crippen molar-refractivity contribution in [1.82, 2.24) is 5.32 Å². The van der Waals surface area contributed by atoms with Gasteiger partial charge in [-0.1, -0.05) is 61.5 Å². The SMILES string of the molecule is CCCNCC1CCCCCC1Cc1cccc(Cl)c1Cl. The Hall–Kier alpha value is -0.240. The number of hydrogen-bond donors (Lipinski definition) is 1. The standard InChI is InChI=1S/C18H27Cl2N/c1-2-11-21-13-16-8-5-3-4-7-14(16)12-15-9-6-10-17(19)18(15)20/h6,9-10,14,16,21H,2-5,7-8,11-13H2,1H3. The molecule has 0 bridgehead atoms. The quantitative estimate of drug-likeness (QED) is 0.519. The average Bonchev–Trinajstić information content (AvgIpc) is 2.70. The fourth-order valence-electron chi connectivity index (χ4n) is 3.45. The number of benzene rings is 1. The van der Waals surface area contributed by atoms with Gasteiger partial charge in [-0.15, -0.1) is 0 Å². The summed E-state index contributed by atoms with van der Waals surface area (Å²) < 4.78 is 0. The van der Waals surface area contributed by atoms with Gasteiger partial charge in [0.2, 0.25) is 0 Å². The van der Waals surface area contributed by atoms with Crippen LogP contribution in [0.2, 0.25) is 10.0 Å². The third kappa shape index (κ3) is 5.16. The van der Waals surface area contributed by atoms with Crippen molar-refractivity contribution in [2.24, 2.45) is 11.8 Å². The van der Waals surface area contributed by atoms with Crippen LogP contribution in [0, 0.1) is 11.8 Å². The van der Waals surface area contributed by atoms with Crippen molar-refractivity contribution in [3.8, 4) is 0 Å². The zero-order valence-corrected chi connectivity index (χ0v) is 14.5. The molecule has 2 unspecified atom stereocenters. The fraction of sp³-hybridized carbons (Fsp3) is 0.667. The predicted octanol–water partition coefficient (Wildman–Crippen LogP) is 5.73. The molecular weight excluding hydrogens is 301 g/mol. The molecule has 0 aromatic heterocycles. The lowest BCUT2D eigenvalue weighted by Crippen LogP contribution is -2.29. The van der Waals surface area contributed by atoms with E-state index in [1.165, 1.54) is 44.1 Å². The zero-order chi connectivity index (χ0) is 15.1. The van der Waals surface area contributed by atoms with E-state index in [-0.39, 0.29) is 0 Å². The van der Waals surface area contributed by atoms with Crippen LogP contribution in [-0.2, 0) is 6.42 Å². The Morgan fingerprint density at radius 3 is 2.62 bits per heavy atom. The monoisotopic (exact) mass is 327 g/mol. The van der Waals surface area contributed by atoms with Crippen molar-refractivity contribution in [3.63, 3.8) is 0 Å². The molecule has 2 atom stereocenters. The summed E-state index contributed by atoms with van der Waals surface area (Å²) in [6, 6.07) is 6.03. The molecule has 1 N–H and O–H groups in total. The van der Waals surface area contributed by atoms with Gasteiger partial charge in [0, 0.05) is 0 Å². The average molecular weight is 328 g/mol. The molecule has 2 rings (SSSR count). The molecule has 1 aromatic rings. The summed E-state index contributed by atoms with van der Waals surface area (Å²) >= 11 is 12.5. The molecule has 1 nitrogen and oxygen atoms in total. The van der Waals surface area contributed by atoms with Gasteiger partial charge in [-0.25, -0.2) is 0 Å². The molecule has 3 heteroatoms. The lowest BCUT2D eigenvalue weighted by molar-refractivity contribution is 0.298. The highest BCUT2D eigenvalue weighted by atomic mass is 35.5. The van der Waals surface area contributed by atoms with Crippen molar-refractivity contribution in [2.75, 3.05) is 13.1 Å². The molecule has 0 spiro atoms. The summed E-state index contributed by atoms with van der Waals surface area (Å²) in [6.07, 6.45) is 9.05. The molecule has 0 radical (unpaired) electrons. The van der Waals surface area contributed by atoms with Gasteiger partial charge in [0.15, 0.2) is 0 Å². The minimum absolute atomic E-state index is 0.684. The Kier molecular flexibility index (Phi) is 7.36. The van der Waals surface area contributed by atoms with Gasteiger partial charge in [0.25, 0.3) is 0 Å². The fourth-order valence-corrected chi connectivity index (χ4v) is 3.85. The van der Waals surface area contributed by atoms with E-state index in [9.17, 15) is 0 Å². The van der Waals surface area contributed by atoms with Gasteiger partial charge >= 0.3 is 0 Å². The molecule has 1 fully saturated rings. The summed E-state index contributed by atoms with van der Waals surface area (Å²) in [6.45, 7) is 4.50. The molecule has 21 heavy (non-hydrogen) atoms. The van der Waals surface area contributed by atoms with E-state index < -0.39 is 0 Å². The molecule has 1 saturated carbocycles. The topological polar surface area (TPSA) is 12.0 Å². The zero-order valence-electron chi connectivity index (χ0n) is 13.0. The van der Waals surface area contributed by atoms with E-state index in [1.54, 1.807) is 0 Å². The van der Waals surface area contributed by atoms with E-state index in [1.807, 2.05) is 12.1 Å². The smallest absolute Gasteiger partial charge is 0.0624 e. The van der Waals surface area contributed by atoms with Crippen LogP contribution in [0.15, 0.2) is 18.2 Å². The van der Waals surface area contributed by atoms with Crippen LogP contribution in [0.1, 0.15) is 51.0 Å². The van der Waals surface area contributed by atoms with Crippen molar-refractivity contribution in [1.29, 1.82) is 0 Å². The number of hydrogen-bond acceptors (Lipinski definition) is 1. The highest BCUT2D eigenvalue weighted by Gasteiger charge is 2.24. The summed E-state index contributed by atoms with van der Waals surface area (Å²) in [5, 5.41) is 5.05. The maximum absolute atomic E-state index is 6.38. The van der Waals surface area contributed by atoms with Crippen molar-refractivity contribution >= 4 is 23.2 Å². The highest BCUT2D eigenvalue weighted by molar-refractivity contribution is 6.42. The largest absolute Gasteiger partial charge is 0.316 e. The van der Waals surface area contributed by atoms with E-state index in [0.717, 1.165) is 36.4 Å². The van der Waals surface area contributed by atoms with Crippen LogP contribution < -0.4 is 5.32 Å². The van der Waals surface area contributed by atoms with Gasteiger partial charge in [-0.2, -0.15) is 0 Å². The second-order valence-corrected chi connectivity index (χ2v) is 7.06. The second kappa shape index (κ2) is 9.02. The lowest BCUT2D eigenvalue weighted by Gasteiger charge is -2.26. The molecule has 1 aliphatic rings. The van der Waals surface area contributed by atoms with E-state index in [2.05, 4.69) is 18.3 Å². The molecule has 1 aromatic carbocycles. The van der Waals surface area contributed by atoms with Crippen molar-refractivity contribution in [3.05, 3.63) is 33.8 Å². The summed E-state index contributed by atoms with van der Waals surface area (Å²) in [4.78, 5) is 0.